The molecule has 0 aromatic heterocycles. The Hall–Kier alpha value is -0.860. The molecular weight excluding hydrogens is 156 g/mol. The Balaban J connectivity index is 0. The van der Waals surface area contributed by atoms with Crippen molar-refractivity contribution in [1.82, 2.24) is 0 Å². The Morgan fingerprint density at radius 2 is 1.83 bits per heavy atom. The smallest absolute Gasteiger partial charge is 0.319 e. The van der Waals surface area contributed by atoms with Crippen LogP contribution in [0.3, 0.4) is 0 Å². The molecule has 0 aromatic rings. The first-order valence-electron chi connectivity index (χ1n) is 3.57. The molecule has 0 fully saturated rings. The minimum Gasteiger partial charge on any atom is -0.395 e. The van der Waals surface area contributed by atoms with E-state index >= 15 is 0 Å². The molecule has 12 heavy (non-hydrogen) atoms. The Bertz CT molecular complexity index is 159. The molecule has 0 saturated carbocycles. The van der Waals surface area contributed by atoms with Gasteiger partial charge in [0.1, 0.15) is 0 Å². The summed E-state index contributed by atoms with van der Waals surface area (Å²) in [6.07, 6.45) is 0. The third-order valence-electron chi connectivity index (χ3n) is 2.12. The van der Waals surface area contributed by atoms with Gasteiger partial charge in [0.2, 0.25) is 0 Å². The topological polar surface area (TPSA) is 43.4 Å². The summed E-state index contributed by atoms with van der Waals surface area (Å²) in [4.78, 5) is 20.9. The summed E-state index contributed by atoms with van der Waals surface area (Å²) in [5, 5.41) is 0. The van der Waals surface area contributed by atoms with Crippen LogP contribution in [-0.4, -0.2) is 12.4 Å². The maximum atomic E-state index is 11.1. The molecule has 0 aliphatic carbocycles. The Morgan fingerprint density at radius 1 is 1.42 bits per heavy atom. The van der Waals surface area contributed by atoms with Crippen LogP contribution in [0.25, 0.3) is 0 Å². The molecule has 0 aromatic carbocycles. The van der Waals surface area contributed by atoms with E-state index in [2.05, 4.69) is 4.74 Å². The van der Waals surface area contributed by atoms with Crippen molar-refractivity contribution < 1.29 is 14.3 Å². The van der Waals surface area contributed by atoms with E-state index in [0.29, 0.717) is 0 Å². The Kier molecular flexibility index (Phi) is 5.61. The summed E-state index contributed by atoms with van der Waals surface area (Å²) in [6.45, 7) is 7.50. The highest BCUT2D eigenvalue weighted by atomic mass is 16.6. The number of hydrogen-bond donors (Lipinski definition) is 0. The van der Waals surface area contributed by atoms with E-state index in [0.717, 1.165) is 0 Å². The van der Waals surface area contributed by atoms with E-state index in [4.69, 9.17) is 0 Å². The van der Waals surface area contributed by atoms with Gasteiger partial charge in [0.05, 0.1) is 5.41 Å². The fourth-order valence-electron chi connectivity index (χ4n) is 0.431. The minimum absolute atomic E-state index is 0. The first-order valence-corrected chi connectivity index (χ1v) is 3.57. The average Bonchev–Trinajstić information content (AvgIpc) is 1.88. The van der Waals surface area contributed by atoms with Crippen LogP contribution in [0.4, 0.5) is 0 Å². The van der Waals surface area contributed by atoms with Crippen LogP contribution in [0.1, 0.15) is 35.1 Å². The molecule has 0 spiro atoms. The molecule has 0 N–H and O–H groups in total. The van der Waals surface area contributed by atoms with Crippen molar-refractivity contribution in [3.05, 3.63) is 0 Å². The van der Waals surface area contributed by atoms with Crippen molar-refractivity contribution in [3.8, 4) is 0 Å². The van der Waals surface area contributed by atoms with Crippen molar-refractivity contribution >= 4 is 12.4 Å². The molecule has 0 radical (unpaired) electrons. The molecule has 3 heteroatoms. The lowest BCUT2D eigenvalue weighted by Gasteiger charge is -2.24. The minimum atomic E-state index is -0.582. The third kappa shape index (κ3) is 3.03. The van der Waals surface area contributed by atoms with Gasteiger partial charge < -0.3 is 4.74 Å². The van der Waals surface area contributed by atoms with Gasteiger partial charge in [-0.25, -0.2) is 0 Å². The molecule has 0 unspecified atom stereocenters. The summed E-state index contributed by atoms with van der Waals surface area (Å²) < 4.78 is 4.25. The van der Waals surface area contributed by atoms with Crippen LogP contribution in [-0.2, 0) is 14.3 Å². The lowest BCUT2D eigenvalue weighted by molar-refractivity contribution is -0.160. The van der Waals surface area contributed by atoms with E-state index in [9.17, 15) is 9.59 Å². The molecule has 0 rings (SSSR count). The maximum Gasteiger partial charge on any atom is 0.319 e. The second-order valence-electron chi connectivity index (χ2n) is 3.38. The second-order valence-corrected chi connectivity index (χ2v) is 3.38. The quantitative estimate of drug-likeness (QED) is 0.373. The largest absolute Gasteiger partial charge is 0.395 e. The number of hydrogen-bond acceptors (Lipinski definition) is 3. The second kappa shape index (κ2) is 4.91. The highest BCUT2D eigenvalue weighted by molar-refractivity contribution is 5.81. The van der Waals surface area contributed by atoms with Gasteiger partial charge >= 0.3 is 12.4 Å². The molecule has 72 valence electrons. The Morgan fingerprint density at radius 3 is 2.08 bits per heavy atom. The number of esters is 1. The third-order valence-corrected chi connectivity index (χ3v) is 2.12. The van der Waals surface area contributed by atoms with E-state index in [1.807, 2.05) is 13.8 Å². The molecule has 0 heterocycles. The summed E-state index contributed by atoms with van der Waals surface area (Å²) in [6, 6.07) is 0. The van der Waals surface area contributed by atoms with Crippen LogP contribution in [0.5, 0.6) is 0 Å². The molecule has 0 bridgehead atoms. The molecular formula is C9H18O3. The highest BCUT2D eigenvalue weighted by Crippen LogP contribution is 2.26. The van der Waals surface area contributed by atoms with E-state index in [1.165, 1.54) is 0 Å². The van der Waals surface area contributed by atoms with Crippen molar-refractivity contribution in [2.45, 2.75) is 35.1 Å². The van der Waals surface area contributed by atoms with E-state index in [1.54, 1.807) is 13.8 Å². The maximum absolute atomic E-state index is 11.1. The van der Waals surface area contributed by atoms with Gasteiger partial charge in [0, 0.05) is 0 Å². The zero-order valence-electron chi connectivity index (χ0n) is 7.38. The van der Waals surface area contributed by atoms with Gasteiger partial charge in [-0.1, -0.05) is 21.3 Å². The number of carbonyl (C=O) groups excluding carboxylic acids is 2. The summed E-state index contributed by atoms with van der Waals surface area (Å²) in [7, 11) is 0. The molecule has 0 atom stereocenters. The van der Waals surface area contributed by atoms with Crippen molar-refractivity contribution in [2.75, 3.05) is 0 Å². The predicted octanol–water partition coefficient (Wildman–Crippen LogP) is 2.00. The van der Waals surface area contributed by atoms with Crippen LogP contribution in [0, 0.1) is 11.3 Å². The van der Waals surface area contributed by atoms with Crippen molar-refractivity contribution in [3.63, 3.8) is 0 Å². The van der Waals surface area contributed by atoms with Gasteiger partial charge in [-0.15, -0.1) is 0 Å². The molecule has 3 nitrogen and oxygen atoms in total. The summed E-state index contributed by atoms with van der Waals surface area (Å²) in [5.41, 5.74) is -0.582. The summed E-state index contributed by atoms with van der Waals surface area (Å²) >= 11 is 0. The fourth-order valence-corrected chi connectivity index (χ4v) is 0.431. The monoisotopic (exact) mass is 174 g/mol. The normalized spacial score (nSPS) is 10.4. The zero-order chi connectivity index (χ0) is 9.07. The molecule has 0 amide bonds. The predicted molar refractivity (Wildman–Crippen MR) is 47.5 cm³/mol. The van der Waals surface area contributed by atoms with Crippen LogP contribution in [0.15, 0.2) is 0 Å². The van der Waals surface area contributed by atoms with Gasteiger partial charge in [-0.2, -0.15) is 0 Å². The van der Waals surface area contributed by atoms with E-state index in [-0.39, 0.29) is 19.8 Å². The molecule has 0 aliphatic heterocycles. The van der Waals surface area contributed by atoms with E-state index < -0.39 is 11.4 Å². The van der Waals surface area contributed by atoms with Gasteiger partial charge in [0.25, 0.3) is 0 Å². The molecule has 0 aliphatic rings. The number of carbonyl (C=O) groups is 2. The fraction of sp³-hybridized carbons (Fsp3) is 0.778. The van der Waals surface area contributed by atoms with Gasteiger partial charge in [-0.05, 0) is 19.8 Å². The van der Waals surface area contributed by atoms with Crippen LogP contribution in [0.2, 0.25) is 0 Å². The SMILES string of the molecule is C.CC(C)C(C)(C)C(=O)OC=O. The van der Waals surface area contributed by atoms with Gasteiger partial charge in [0.15, 0.2) is 0 Å². The highest BCUT2D eigenvalue weighted by Gasteiger charge is 2.32. The van der Waals surface area contributed by atoms with Crippen molar-refractivity contribution in [1.29, 1.82) is 0 Å². The lowest BCUT2D eigenvalue weighted by atomic mass is 9.81. The average molecular weight is 174 g/mol. The van der Waals surface area contributed by atoms with Gasteiger partial charge in [-0.3, -0.25) is 9.59 Å². The van der Waals surface area contributed by atoms with Crippen LogP contribution < -0.4 is 0 Å². The number of ether oxygens (including phenoxy) is 1. The van der Waals surface area contributed by atoms with Crippen LogP contribution >= 0.6 is 0 Å². The Labute approximate surface area is 74.1 Å². The number of rotatable bonds is 3. The standard InChI is InChI=1S/C8H14O3.CH4/c1-6(2)8(3,4)7(10)11-5-9;/h5-6H,1-4H3;1H4. The van der Waals surface area contributed by atoms with Crippen molar-refractivity contribution in [2.24, 2.45) is 11.3 Å². The molecule has 0 saturated heterocycles. The lowest BCUT2D eigenvalue weighted by Crippen LogP contribution is -2.31. The first-order chi connectivity index (χ1) is 4.92. The first kappa shape index (κ1) is 13.7. The zero-order valence-corrected chi connectivity index (χ0v) is 7.38. The summed E-state index contributed by atoms with van der Waals surface area (Å²) in [5.74, 6) is -0.308.